The smallest absolute Gasteiger partial charge is 0.310 e. The van der Waals surface area contributed by atoms with Gasteiger partial charge < -0.3 is 4.90 Å². The fraction of sp³-hybridized carbons (Fsp3) is 0.750. The highest BCUT2D eigenvalue weighted by Gasteiger charge is 2.21. The van der Waals surface area contributed by atoms with Gasteiger partial charge in [0.05, 0.1) is 6.17 Å². The van der Waals surface area contributed by atoms with Crippen LogP contribution in [-0.4, -0.2) is 24.1 Å². The molecule has 1 rings (SSSR count). The molecule has 0 bridgehead atoms. The number of hydrogen-bond donors (Lipinski definition) is 2. The maximum Gasteiger partial charge on any atom is 0.332 e. The van der Waals surface area contributed by atoms with Crippen LogP contribution in [0, 0.1) is 0 Å². The Kier molecular flexibility index (Phi) is 1.09. The van der Waals surface area contributed by atoms with E-state index in [4.69, 9.17) is 0 Å². The lowest BCUT2D eigenvalue weighted by atomic mass is 10.5. The first-order chi connectivity index (χ1) is 3.72. The van der Waals surface area contributed by atoms with Gasteiger partial charge in [-0.25, -0.2) is 10.2 Å². The quantitative estimate of drug-likeness (QED) is 0.446. The summed E-state index contributed by atoms with van der Waals surface area (Å²) in [4.78, 5) is 12.1. The van der Waals surface area contributed by atoms with E-state index >= 15 is 0 Å². The molecule has 0 aromatic heterocycles. The third-order valence-electron chi connectivity index (χ3n) is 1.29. The highest BCUT2D eigenvalue weighted by molar-refractivity contribution is 5.75. The van der Waals surface area contributed by atoms with Gasteiger partial charge in [0, 0.05) is 7.05 Å². The Morgan fingerprint density at radius 2 is 2.38 bits per heavy atom. The van der Waals surface area contributed by atoms with Crippen molar-refractivity contribution in [3.8, 4) is 0 Å². The summed E-state index contributed by atoms with van der Waals surface area (Å²) in [6, 6.07) is -0.0718. The first kappa shape index (κ1) is 5.37. The molecule has 0 aromatic carbocycles. The number of rotatable bonds is 0. The molecule has 0 aromatic rings. The topological polar surface area (TPSA) is 44.4 Å². The average Bonchev–Trinajstić information content (AvgIpc) is 1.98. The van der Waals surface area contributed by atoms with Crippen LogP contribution in [-0.2, 0) is 0 Å². The van der Waals surface area contributed by atoms with Crippen molar-refractivity contribution in [3.05, 3.63) is 0 Å². The number of nitrogens with one attached hydrogen (secondary N) is 2. The third-order valence-corrected chi connectivity index (χ3v) is 1.29. The molecule has 1 aliphatic rings. The van der Waals surface area contributed by atoms with Crippen molar-refractivity contribution in [2.75, 3.05) is 7.05 Å². The molecule has 0 saturated carbocycles. The van der Waals surface area contributed by atoms with Gasteiger partial charge in [-0.2, -0.15) is 0 Å². The van der Waals surface area contributed by atoms with E-state index in [2.05, 4.69) is 10.9 Å². The van der Waals surface area contributed by atoms with Gasteiger partial charge >= 0.3 is 6.03 Å². The van der Waals surface area contributed by atoms with Crippen LogP contribution >= 0.6 is 0 Å². The number of hydrazine groups is 1. The van der Waals surface area contributed by atoms with Gasteiger partial charge in [0.25, 0.3) is 0 Å². The molecule has 1 atom stereocenters. The van der Waals surface area contributed by atoms with Gasteiger partial charge in [0.2, 0.25) is 0 Å². The number of carbonyl (C=O) groups excluding carboxylic acids is 1. The normalized spacial score (nSPS) is 28.5. The van der Waals surface area contributed by atoms with E-state index in [0.717, 1.165) is 0 Å². The lowest BCUT2D eigenvalue weighted by Gasteiger charge is -2.09. The van der Waals surface area contributed by atoms with Crippen molar-refractivity contribution >= 4 is 6.03 Å². The van der Waals surface area contributed by atoms with Crippen molar-refractivity contribution in [3.63, 3.8) is 0 Å². The number of hydrogen-bond acceptors (Lipinski definition) is 2. The number of urea groups is 1. The zero-order chi connectivity index (χ0) is 6.15. The molecule has 0 spiro atoms. The Balaban J connectivity index is 2.56. The van der Waals surface area contributed by atoms with Crippen molar-refractivity contribution in [2.45, 2.75) is 13.1 Å². The van der Waals surface area contributed by atoms with Gasteiger partial charge in [-0.15, -0.1) is 0 Å². The van der Waals surface area contributed by atoms with Crippen LogP contribution in [0.1, 0.15) is 6.92 Å². The Labute approximate surface area is 47.8 Å². The van der Waals surface area contributed by atoms with E-state index in [1.54, 1.807) is 11.9 Å². The molecule has 0 radical (unpaired) electrons. The molecule has 1 fully saturated rings. The average molecular weight is 115 g/mol. The molecule has 1 saturated heterocycles. The summed E-state index contributed by atoms with van der Waals surface area (Å²) < 4.78 is 0. The minimum atomic E-state index is -0.0718. The molecule has 2 amide bonds. The second-order valence-electron chi connectivity index (χ2n) is 1.86. The molecule has 1 aliphatic heterocycles. The second-order valence-corrected chi connectivity index (χ2v) is 1.86. The first-order valence-electron chi connectivity index (χ1n) is 2.50. The highest BCUT2D eigenvalue weighted by Crippen LogP contribution is 1.95. The van der Waals surface area contributed by atoms with Gasteiger partial charge in [-0.05, 0) is 6.92 Å². The molecule has 1 heterocycles. The Morgan fingerprint density at radius 3 is 2.50 bits per heavy atom. The maximum absolute atomic E-state index is 10.5. The number of nitrogens with zero attached hydrogens (tertiary/aromatic N) is 1. The molecular weight excluding hydrogens is 106 g/mol. The maximum atomic E-state index is 10.5. The lowest BCUT2D eigenvalue weighted by molar-refractivity contribution is 0.218. The summed E-state index contributed by atoms with van der Waals surface area (Å²) in [6.07, 6.45) is 0.113. The fourth-order valence-electron chi connectivity index (χ4n) is 0.527. The van der Waals surface area contributed by atoms with Crippen molar-refractivity contribution in [1.29, 1.82) is 0 Å². The first-order valence-corrected chi connectivity index (χ1v) is 2.50. The molecule has 1 unspecified atom stereocenters. The predicted octanol–water partition coefficient (Wildman–Crippen LogP) is -0.508. The van der Waals surface area contributed by atoms with E-state index in [0.29, 0.717) is 0 Å². The van der Waals surface area contributed by atoms with E-state index in [-0.39, 0.29) is 12.2 Å². The van der Waals surface area contributed by atoms with Crippen LogP contribution in [0.15, 0.2) is 0 Å². The van der Waals surface area contributed by atoms with Crippen molar-refractivity contribution in [1.82, 2.24) is 15.8 Å². The molecule has 8 heavy (non-hydrogen) atoms. The van der Waals surface area contributed by atoms with Gasteiger partial charge in [0.1, 0.15) is 0 Å². The van der Waals surface area contributed by atoms with Crippen LogP contribution in [0.3, 0.4) is 0 Å². The fourth-order valence-corrected chi connectivity index (χ4v) is 0.527. The largest absolute Gasteiger partial charge is 0.332 e. The summed E-state index contributed by atoms with van der Waals surface area (Å²) in [6.45, 7) is 1.90. The predicted molar refractivity (Wildman–Crippen MR) is 28.9 cm³/mol. The summed E-state index contributed by atoms with van der Waals surface area (Å²) in [5, 5.41) is 0. The minimum absolute atomic E-state index is 0.0718. The summed E-state index contributed by atoms with van der Waals surface area (Å²) in [5.74, 6) is 0. The molecule has 2 N–H and O–H groups in total. The van der Waals surface area contributed by atoms with Crippen molar-refractivity contribution < 1.29 is 4.79 Å². The van der Waals surface area contributed by atoms with Crippen LogP contribution < -0.4 is 10.9 Å². The minimum Gasteiger partial charge on any atom is -0.310 e. The van der Waals surface area contributed by atoms with Crippen LogP contribution in [0.2, 0.25) is 0 Å². The third kappa shape index (κ3) is 0.626. The monoisotopic (exact) mass is 115 g/mol. The zero-order valence-corrected chi connectivity index (χ0v) is 4.93. The van der Waals surface area contributed by atoms with Gasteiger partial charge in [-0.3, -0.25) is 5.43 Å². The standard InChI is InChI=1S/C4H9N3O/c1-3-5-6-4(8)7(3)2/h3,5H,1-2H3,(H,6,8). The molecule has 46 valence electrons. The van der Waals surface area contributed by atoms with Crippen molar-refractivity contribution in [2.24, 2.45) is 0 Å². The summed E-state index contributed by atoms with van der Waals surface area (Å²) in [5.41, 5.74) is 5.20. The Bertz CT molecular complexity index is 114. The Morgan fingerprint density at radius 1 is 1.75 bits per heavy atom. The molecular formula is C4H9N3O. The van der Waals surface area contributed by atoms with E-state index in [1.165, 1.54) is 0 Å². The van der Waals surface area contributed by atoms with Crippen LogP contribution in [0.5, 0.6) is 0 Å². The Hall–Kier alpha value is -0.770. The number of carbonyl (C=O) groups is 1. The zero-order valence-electron chi connectivity index (χ0n) is 4.93. The van der Waals surface area contributed by atoms with Gasteiger partial charge in [0.15, 0.2) is 0 Å². The number of amides is 2. The lowest BCUT2D eigenvalue weighted by Crippen LogP contribution is -2.31. The SMILES string of the molecule is CC1NNC(=O)N1C. The molecule has 0 aliphatic carbocycles. The van der Waals surface area contributed by atoms with Crippen LogP contribution in [0.25, 0.3) is 0 Å². The molecule has 4 heteroatoms. The van der Waals surface area contributed by atoms with Crippen LogP contribution in [0.4, 0.5) is 4.79 Å². The van der Waals surface area contributed by atoms with Gasteiger partial charge in [-0.1, -0.05) is 0 Å². The van der Waals surface area contributed by atoms with E-state index < -0.39 is 0 Å². The summed E-state index contributed by atoms with van der Waals surface area (Å²) in [7, 11) is 1.74. The van der Waals surface area contributed by atoms with E-state index in [9.17, 15) is 4.79 Å². The highest BCUT2D eigenvalue weighted by atomic mass is 16.2. The second kappa shape index (κ2) is 1.63. The summed E-state index contributed by atoms with van der Waals surface area (Å²) >= 11 is 0. The van der Waals surface area contributed by atoms with E-state index in [1.807, 2.05) is 6.92 Å². The molecule has 4 nitrogen and oxygen atoms in total.